The Morgan fingerprint density at radius 3 is 2.50 bits per heavy atom. The fourth-order valence-electron chi connectivity index (χ4n) is 1.30. The summed E-state index contributed by atoms with van der Waals surface area (Å²) in [7, 11) is 2.23. The van der Waals surface area contributed by atoms with E-state index in [2.05, 4.69) is 18.9 Å². The van der Waals surface area contributed by atoms with Gasteiger partial charge in [0.1, 0.15) is 0 Å². The first kappa shape index (κ1) is 8.06. The van der Waals surface area contributed by atoms with E-state index in [0.29, 0.717) is 0 Å². The normalized spacial score (nSPS) is 18.3. The molecule has 1 fully saturated rings. The number of rotatable bonds is 5. The molecule has 0 spiro atoms. The highest BCUT2D eigenvalue weighted by Gasteiger charge is 2.20. The summed E-state index contributed by atoms with van der Waals surface area (Å²) in [6, 6.07) is 0. The largest absolute Gasteiger partial charge is 0.306 e. The monoisotopic (exact) mass is 141 g/mol. The molecule has 0 bridgehead atoms. The molecule has 60 valence electrons. The molecule has 0 aromatic rings. The van der Waals surface area contributed by atoms with E-state index in [1.165, 1.54) is 38.8 Å². The Morgan fingerprint density at radius 1 is 1.30 bits per heavy atom. The summed E-state index contributed by atoms with van der Waals surface area (Å²) < 4.78 is 0. The van der Waals surface area contributed by atoms with Crippen LogP contribution in [0.4, 0.5) is 0 Å². The van der Waals surface area contributed by atoms with Crippen molar-refractivity contribution in [3.63, 3.8) is 0 Å². The van der Waals surface area contributed by atoms with Crippen LogP contribution in [0.15, 0.2) is 0 Å². The van der Waals surface area contributed by atoms with Crippen LogP contribution < -0.4 is 0 Å². The Hall–Kier alpha value is -0.0400. The lowest BCUT2D eigenvalue weighted by molar-refractivity contribution is 0.323. The molecule has 0 atom stereocenters. The van der Waals surface area contributed by atoms with Gasteiger partial charge in [0.25, 0.3) is 0 Å². The number of hydrogen-bond acceptors (Lipinski definition) is 1. The second kappa shape index (κ2) is 3.97. The van der Waals surface area contributed by atoms with Crippen molar-refractivity contribution in [1.82, 2.24) is 4.90 Å². The molecule has 1 saturated carbocycles. The molecule has 0 aliphatic heterocycles. The highest BCUT2D eigenvalue weighted by Crippen LogP contribution is 2.32. The maximum Gasteiger partial charge on any atom is -0.00191 e. The summed E-state index contributed by atoms with van der Waals surface area (Å²) in [5.74, 6) is 1.10. The van der Waals surface area contributed by atoms with Crippen molar-refractivity contribution >= 4 is 0 Å². The summed E-state index contributed by atoms with van der Waals surface area (Å²) in [5, 5.41) is 0. The first-order valence-electron chi connectivity index (χ1n) is 4.51. The van der Waals surface area contributed by atoms with Gasteiger partial charge in [0, 0.05) is 0 Å². The average Bonchev–Trinajstić information content (AvgIpc) is 2.67. The minimum Gasteiger partial charge on any atom is -0.306 e. The second-order valence-electron chi connectivity index (χ2n) is 3.54. The number of nitrogens with zero attached hydrogens (tertiary/aromatic N) is 1. The molecule has 1 heteroatoms. The average molecular weight is 141 g/mol. The van der Waals surface area contributed by atoms with Crippen LogP contribution in [0.1, 0.15) is 32.6 Å². The fraction of sp³-hybridized carbons (Fsp3) is 1.00. The van der Waals surface area contributed by atoms with Gasteiger partial charge in [0.2, 0.25) is 0 Å². The lowest BCUT2D eigenvalue weighted by atomic mass is 10.3. The molecule has 1 aliphatic carbocycles. The third-order valence-corrected chi connectivity index (χ3v) is 2.22. The van der Waals surface area contributed by atoms with Gasteiger partial charge in [-0.3, -0.25) is 0 Å². The van der Waals surface area contributed by atoms with Gasteiger partial charge in [-0.25, -0.2) is 0 Å². The van der Waals surface area contributed by atoms with Gasteiger partial charge >= 0.3 is 0 Å². The molecule has 1 aliphatic rings. The Labute approximate surface area is 64.4 Å². The van der Waals surface area contributed by atoms with Crippen LogP contribution >= 0.6 is 0 Å². The Balaban J connectivity index is 1.89. The molecule has 0 amide bonds. The quantitative estimate of drug-likeness (QED) is 0.567. The first-order valence-corrected chi connectivity index (χ1v) is 4.51. The standard InChI is InChI=1S/C9H19N/c1-3-7-10(2)8-6-9-4-5-9/h9H,3-8H2,1-2H3. The molecule has 0 heterocycles. The van der Waals surface area contributed by atoms with Crippen molar-refractivity contribution in [3.05, 3.63) is 0 Å². The zero-order valence-electron chi connectivity index (χ0n) is 7.27. The maximum atomic E-state index is 2.44. The van der Waals surface area contributed by atoms with E-state index in [1.54, 1.807) is 0 Å². The predicted octanol–water partition coefficient (Wildman–Crippen LogP) is 2.13. The van der Waals surface area contributed by atoms with Crippen LogP contribution in [-0.2, 0) is 0 Å². The predicted molar refractivity (Wildman–Crippen MR) is 45.1 cm³/mol. The summed E-state index contributed by atoms with van der Waals surface area (Å²) in [5.41, 5.74) is 0. The van der Waals surface area contributed by atoms with E-state index in [4.69, 9.17) is 0 Å². The van der Waals surface area contributed by atoms with Crippen molar-refractivity contribution < 1.29 is 0 Å². The van der Waals surface area contributed by atoms with Crippen molar-refractivity contribution in [1.29, 1.82) is 0 Å². The van der Waals surface area contributed by atoms with E-state index in [-0.39, 0.29) is 0 Å². The number of hydrogen-bond donors (Lipinski definition) is 0. The van der Waals surface area contributed by atoms with Crippen LogP contribution in [0.5, 0.6) is 0 Å². The topological polar surface area (TPSA) is 3.24 Å². The fourth-order valence-corrected chi connectivity index (χ4v) is 1.30. The van der Waals surface area contributed by atoms with E-state index >= 15 is 0 Å². The molecule has 0 unspecified atom stereocenters. The van der Waals surface area contributed by atoms with Crippen LogP contribution in [0.3, 0.4) is 0 Å². The Bertz CT molecular complexity index is 86.7. The Kier molecular flexibility index (Phi) is 3.20. The van der Waals surface area contributed by atoms with Gasteiger partial charge in [-0.05, 0) is 38.9 Å². The SMILES string of the molecule is CCCN(C)CCC1CC1. The zero-order chi connectivity index (χ0) is 7.40. The van der Waals surface area contributed by atoms with Crippen molar-refractivity contribution in [2.24, 2.45) is 5.92 Å². The lowest BCUT2D eigenvalue weighted by Crippen LogP contribution is -2.20. The smallest absolute Gasteiger partial charge is 0.00191 e. The van der Waals surface area contributed by atoms with Crippen LogP contribution in [-0.4, -0.2) is 25.0 Å². The van der Waals surface area contributed by atoms with Crippen molar-refractivity contribution in [2.75, 3.05) is 20.1 Å². The van der Waals surface area contributed by atoms with Gasteiger partial charge in [-0.2, -0.15) is 0 Å². The molecular formula is C9H19N. The van der Waals surface area contributed by atoms with Gasteiger partial charge in [-0.1, -0.05) is 19.8 Å². The van der Waals surface area contributed by atoms with Crippen LogP contribution in [0.2, 0.25) is 0 Å². The van der Waals surface area contributed by atoms with E-state index in [0.717, 1.165) is 5.92 Å². The summed E-state index contributed by atoms with van der Waals surface area (Å²) >= 11 is 0. The third kappa shape index (κ3) is 3.21. The first-order chi connectivity index (χ1) is 4.83. The molecule has 1 rings (SSSR count). The maximum absolute atomic E-state index is 2.44. The van der Waals surface area contributed by atoms with Gasteiger partial charge in [-0.15, -0.1) is 0 Å². The third-order valence-electron chi connectivity index (χ3n) is 2.22. The highest BCUT2D eigenvalue weighted by atomic mass is 15.1. The van der Waals surface area contributed by atoms with Crippen molar-refractivity contribution in [3.8, 4) is 0 Å². The summed E-state index contributed by atoms with van der Waals surface area (Å²) in [6.07, 6.45) is 5.73. The molecule has 1 nitrogen and oxygen atoms in total. The molecule has 0 aromatic carbocycles. The molecule has 0 radical (unpaired) electrons. The molecule has 0 N–H and O–H groups in total. The summed E-state index contributed by atoms with van der Waals surface area (Å²) in [4.78, 5) is 2.44. The van der Waals surface area contributed by atoms with E-state index < -0.39 is 0 Å². The molecule has 0 saturated heterocycles. The highest BCUT2D eigenvalue weighted by molar-refractivity contribution is 4.73. The molecule has 0 aromatic heterocycles. The van der Waals surface area contributed by atoms with Gasteiger partial charge in [0.05, 0.1) is 0 Å². The van der Waals surface area contributed by atoms with E-state index in [1.807, 2.05) is 0 Å². The van der Waals surface area contributed by atoms with E-state index in [9.17, 15) is 0 Å². The molecule has 10 heavy (non-hydrogen) atoms. The Morgan fingerprint density at radius 2 is 2.00 bits per heavy atom. The minimum atomic E-state index is 1.10. The molecular weight excluding hydrogens is 122 g/mol. The minimum absolute atomic E-state index is 1.10. The summed E-state index contributed by atoms with van der Waals surface area (Å²) in [6.45, 7) is 4.83. The van der Waals surface area contributed by atoms with Crippen molar-refractivity contribution in [2.45, 2.75) is 32.6 Å². The second-order valence-corrected chi connectivity index (χ2v) is 3.54. The zero-order valence-corrected chi connectivity index (χ0v) is 7.27. The lowest BCUT2D eigenvalue weighted by Gasteiger charge is -2.14. The van der Waals surface area contributed by atoms with Crippen LogP contribution in [0, 0.1) is 5.92 Å². The van der Waals surface area contributed by atoms with Gasteiger partial charge in [0.15, 0.2) is 0 Å². The van der Waals surface area contributed by atoms with Crippen LogP contribution in [0.25, 0.3) is 0 Å². The van der Waals surface area contributed by atoms with Gasteiger partial charge < -0.3 is 4.90 Å².